The zero-order valence-corrected chi connectivity index (χ0v) is 14.8. The lowest BCUT2D eigenvalue weighted by atomic mass is 10.2. The molecule has 3 rings (SSSR count). The summed E-state index contributed by atoms with van der Waals surface area (Å²) in [6.07, 6.45) is 2.59. The smallest absolute Gasteiger partial charge is 0.191 e. The predicted molar refractivity (Wildman–Crippen MR) is 101 cm³/mol. The summed E-state index contributed by atoms with van der Waals surface area (Å²) >= 11 is 0. The predicted octanol–water partition coefficient (Wildman–Crippen LogP) is 2.71. The van der Waals surface area contributed by atoms with Crippen LogP contribution in [0, 0.1) is 0 Å². The van der Waals surface area contributed by atoms with E-state index in [1.165, 1.54) is 30.3 Å². The molecule has 0 saturated carbocycles. The summed E-state index contributed by atoms with van der Waals surface area (Å²) in [5, 5.41) is 8.11. The fraction of sp³-hybridized carbons (Fsp3) is 0.526. The molecule has 5 nitrogen and oxygen atoms in total. The van der Waals surface area contributed by atoms with Crippen LogP contribution >= 0.6 is 0 Å². The highest BCUT2D eigenvalue weighted by molar-refractivity contribution is 5.81. The lowest BCUT2D eigenvalue weighted by molar-refractivity contribution is 0.267. The second-order valence-corrected chi connectivity index (χ2v) is 6.38. The zero-order valence-electron chi connectivity index (χ0n) is 14.8. The summed E-state index contributed by atoms with van der Waals surface area (Å²) in [4.78, 5) is 10.7. The summed E-state index contributed by atoms with van der Waals surface area (Å²) in [6, 6.07) is 11.2. The third-order valence-electron chi connectivity index (χ3n) is 4.75. The maximum absolute atomic E-state index is 4.74. The first-order valence-electron chi connectivity index (χ1n) is 9.13. The van der Waals surface area contributed by atoms with E-state index in [2.05, 4.69) is 64.7 Å². The Labute approximate surface area is 144 Å². The molecule has 0 aliphatic carbocycles. The van der Waals surface area contributed by atoms with E-state index in [-0.39, 0.29) is 0 Å². The van der Waals surface area contributed by atoms with Gasteiger partial charge >= 0.3 is 0 Å². The van der Waals surface area contributed by atoms with Gasteiger partial charge in [0.1, 0.15) is 0 Å². The number of aliphatic imine (C=N–C) groups is 1. The van der Waals surface area contributed by atoms with Gasteiger partial charge in [0, 0.05) is 30.3 Å². The highest BCUT2D eigenvalue weighted by atomic mass is 15.2. The van der Waals surface area contributed by atoms with Crippen LogP contribution in [0.25, 0.3) is 10.9 Å². The van der Waals surface area contributed by atoms with E-state index in [0.717, 1.165) is 31.3 Å². The minimum atomic E-state index is 0.631. The number of guanidine groups is 1. The molecule has 1 saturated heterocycles. The van der Waals surface area contributed by atoms with E-state index < -0.39 is 0 Å². The molecule has 1 aliphatic rings. The highest BCUT2D eigenvalue weighted by Crippen LogP contribution is 2.16. The lowest BCUT2D eigenvalue weighted by Crippen LogP contribution is -2.44. The summed E-state index contributed by atoms with van der Waals surface area (Å²) in [6.45, 7) is 9.21. The van der Waals surface area contributed by atoms with Crippen LogP contribution in [0.3, 0.4) is 0 Å². The van der Waals surface area contributed by atoms with Gasteiger partial charge in [0.2, 0.25) is 0 Å². The molecular weight excluding hydrogens is 298 g/mol. The molecule has 130 valence electrons. The van der Waals surface area contributed by atoms with Gasteiger partial charge in [-0.15, -0.1) is 0 Å². The van der Waals surface area contributed by atoms with Gasteiger partial charge in [-0.2, -0.15) is 0 Å². The van der Waals surface area contributed by atoms with E-state index in [1.807, 2.05) is 0 Å². The Hall–Kier alpha value is -2.01. The van der Waals surface area contributed by atoms with Crippen molar-refractivity contribution in [2.75, 3.05) is 26.2 Å². The lowest BCUT2D eigenvalue weighted by Gasteiger charge is -2.23. The number of rotatable bonds is 6. The Balaban J connectivity index is 1.60. The van der Waals surface area contributed by atoms with Crippen LogP contribution in [0.4, 0.5) is 0 Å². The number of aromatic amines is 1. The Morgan fingerprint density at radius 1 is 1.29 bits per heavy atom. The normalized spacial score (nSPS) is 19.1. The minimum Gasteiger partial charge on any atom is -0.357 e. The van der Waals surface area contributed by atoms with Gasteiger partial charge in [-0.3, -0.25) is 4.90 Å². The monoisotopic (exact) mass is 327 g/mol. The molecule has 24 heavy (non-hydrogen) atoms. The maximum atomic E-state index is 4.74. The standard InChI is InChI=1S/C19H29N5/c1-3-20-19(22-14-17-9-7-11-24(17)4-2)21-13-16-12-15-8-5-6-10-18(15)23-16/h5-6,8,10,12,17,23H,3-4,7,9,11,13-14H2,1-2H3,(H2,20,21,22). The van der Waals surface area contributed by atoms with Gasteiger partial charge in [-0.25, -0.2) is 4.99 Å². The van der Waals surface area contributed by atoms with Crippen molar-refractivity contribution in [2.45, 2.75) is 39.3 Å². The summed E-state index contributed by atoms with van der Waals surface area (Å²) in [5.41, 5.74) is 2.31. The number of aromatic nitrogens is 1. The highest BCUT2D eigenvalue weighted by Gasteiger charge is 2.22. The molecule has 0 bridgehead atoms. The topological polar surface area (TPSA) is 55.5 Å². The Morgan fingerprint density at radius 3 is 2.96 bits per heavy atom. The molecule has 1 fully saturated rings. The molecule has 2 heterocycles. The molecule has 5 heteroatoms. The van der Waals surface area contributed by atoms with Gasteiger partial charge < -0.3 is 15.6 Å². The molecule has 0 radical (unpaired) electrons. The molecular formula is C19H29N5. The molecule has 1 aromatic carbocycles. The van der Waals surface area contributed by atoms with Crippen molar-refractivity contribution in [3.8, 4) is 0 Å². The second kappa shape index (κ2) is 8.20. The number of fused-ring (bicyclic) bond motifs is 1. The van der Waals surface area contributed by atoms with Crippen molar-refractivity contribution in [3.05, 3.63) is 36.0 Å². The first kappa shape index (κ1) is 16.8. The molecule has 1 unspecified atom stereocenters. The number of nitrogens with one attached hydrogen (secondary N) is 3. The van der Waals surface area contributed by atoms with Crippen LogP contribution < -0.4 is 10.6 Å². The maximum Gasteiger partial charge on any atom is 0.191 e. The van der Waals surface area contributed by atoms with E-state index in [9.17, 15) is 0 Å². The summed E-state index contributed by atoms with van der Waals surface area (Å²) in [7, 11) is 0. The van der Waals surface area contributed by atoms with Crippen molar-refractivity contribution >= 4 is 16.9 Å². The van der Waals surface area contributed by atoms with Crippen LogP contribution in [0.15, 0.2) is 35.3 Å². The average Bonchev–Trinajstić information content (AvgIpc) is 3.22. The first-order chi connectivity index (χ1) is 11.8. The van der Waals surface area contributed by atoms with Gasteiger partial charge in [0.15, 0.2) is 5.96 Å². The number of likely N-dealkylation sites (tertiary alicyclic amines) is 1. The number of benzene rings is 1. The fourth-order valence-corrected chi connectivity index (χ4v) is 3.48. The van der Waals surface area contributed by atoms with Crippen LogP contribution in [0.5, 0.6) is 0 Å². The molecule has 0 amide bonds. The quantitative estimate of drug-likeness (QED) is 0.565. The summed E-state index contributed by atoms with van der Waals surface area (Å²) in [5.74, 6) is 0.902. The number of H-pyrrole nitrogens is 1. The van der Waals surface area contributed by atoms with Crippen LogP contribution in [0.1, 0.15) is 32.4 Å². The van der Waals surface area contributed by atoms with Crippen LogP contribution in [-0.4, -0.2) is 48.1 Å². The molecule has 1 aromatic heterocycles. The number of likely N-dealkylation sites (N-methyl/N-ethyl adjacent to an activating group) is 1. The van der Waals surface area contributed by atoms with Crippen LogP contribution in [-0.2, 0) is 6.54 Å². The van der Waals surface area contributed by atoms with Crippen molar-refractivity contribution in [3.63, 3.8) is 0 Å². The number of para-hydroxylation sites is 1. The van der Waals surface area contributed by atoms with E-state index in [1.54, 1.807) is 0 Å². The second-order valence-electron chi connectivity index (χ2n) is 6.38. The number of nitrogens with zero attached hydrogens (tertiary/aromatic N) is 2. The van der Waals surface area contributed by atoms with Crippen molar-refractivity contribution in [1.29, 1.82) is 0 Å². The van der Waals surface area contributed by atoms with Gasteiger partial charge in [0.05, 0.1) is 6.54 Å². The Morgan fingerprint density at radius 2 is 2.17 bits per heavy atom. The van der Waals surface area contributed by atoms with Gasteiger partial charge in [0.25, 0.3) is 0 Å². The third kappa shape index (κ3) is 4.09. The van der Waals surface area contributed by atoms with Crippen molar-refractivity contribution in [1.82, 2.24) is 20.5 Å². The van der Waals surface area contributed by atoms with Crippen LogP contribution in [0.2, 0.25) is 0 Å². The summed E-state index contributed by atoms with van der Waals surface area (Å²) < 4.78 is 0. The van der Waals surface area contributed by atoms with Gasteiger partial charge in [-0.05, 0) is 50.4 Å². The molecule has 1 aliphatic heterocycles. The molecule has 0 spiro atoms. The number of hydrogen-bond donors (Lipinski definition) is 3. The Bertz CT molecular complexity index is 642. The molecule has 1 atom stereocenters. The van der Waals surface area contributed by atoms with E-state index in [0.29, 0.717) is 12.6 Å². The largest absolute Gasteiger partial charge is 0.357 e. The Kier molecular flexibility index (Phi) is 5.75. The number of hydrogen-bond acceptors (Lipinski definition) is 2. The fourth-order valence-electron chi connectivity index (χ4n) is 3.48. The SMILES string of the molecule is CCNC(=NCc1cc2ccccc2[nH]1)NCC1CCCN1CC. The third-order valence-corrected chi connectivity index (χ3v) is 4.75. The van der Waals surface area contributed by atoms with E-state index >= 15 is 0 Å². The van der Waals surface area contributed by atoms with Gasteiger partial charge in [-0.1, -0.05) is 25.1 Å². The van der Waals surface area contributed by atoms with Crippen molar-refractivity contribution < 1.29 is 0 Å². The average molecular weight is 327 g/mol. The minimum absolute atomic E-state index is 0.631. The van der Waals surface area contributed by atoms with Crippen molar-refractivity contribution in [2.24, 2.45) is 4.99 Å². The first-order valence-corrected chi connectivity index (χ1v) is 9.13. The van der Waals surface area contributed by atoms with E-state index in [4.69, 9.17) is 4.99 Å². The zero-order chi connectivity index (χ0) is 16.8. The molecule has 3 N–H and O–H groups in total. The molecule has 2 aromatic rings.